The number of halogens is 1. The molecule has 0 unspecified atom stereocenters. The lowest BCUT2D eigenvalue weighted by molar-refractivity contribution is 0.447. The highest BCUT2D eigenvalue weighted by atomic mass is 19.1. The lowest BCUT2D eigenvalue weighted by Crippen LogP contribution is -2.05. The Morgan fingerprint density at radius 3 is 2.54 bits per heavy atom. The van der Waals surface area contributed by atoms with Crippen LogP contribution in [0.5, 0.6) is 0 Å². The second-order valence-electron chi connectivity index (χ2n) is 3.08. The summed E-state index contributed by atoms with van der Waals surface area (Å²) in [5, 5.41) is 0. The van der Waals surface area contributed by atoms with E-state index in [0.717, 1.165) is 11.3 Å². The summed E-state index contributed by atoms with van der Waals surface area (Å²) in [6.45, 7) is 3.28. The maximum atomic E-state index is 12.2. The van der Waals surface area contributed by atoms with Crippen molar-refractivity contribution in [2.24, 2.45) is 4.99 Å². The number of rotatable bonds is 3. The monoisotopic (exact) mass is 179 g/mol. The van der Waals surface area contributed by atoms with Crippen LogP contribution in [0.2, 0.25) is 0 Å². The minimum Gasteiger partial charge on any atom is -0.284 e. The van der Waals surface area contributed by atoms with Gasteiger partial charge in [-0.15, -0.1) is 0 Å². The molecule has 0 saturated heterocycles. The first kappa shape index (κ1) is 9.90. The van der Waals surface area contributed by atoms with Crippen molar-refractivity contribution in [3.63, 3.8) is 0 Å². The Morgan fingerprint density at radius 1 is 1.38 bits per heavy atom. The van der Waals surface area contributed by atoms with Gasteiger partial charge in [0.05, 0.1) is 6.04 Å². The first-order chi connectivity index (χ1) is 6.24. The van der Waals surface area contributed by atoms with Crippen LogP contribution in [0.25, 0.3) is 0 Å². The van der Waals surface area contributed by atoms with Crippen LogP contribution in [-0.4, -0.2) is 18.4 Å². The molecule has 0 radical (unpaired) electrons. The first-order valence-electron chi connectivity index (χ1n) is 4.40. The van der Waals surface area contributed by atoms with E-state index >= 15 is 0 Å². The van der Waals surface area contributed by atoms with Gasteiger partial charge in [-0.05, 0) is 19.4 Å². The smallest absolute Gasteiger partial charge is 0.111 e. The second-order valence-corrected chi connectivity index (χ2v) is 3.08. The molecule has 0 amide bonds. The van der Waals surface area contributed by atoms with Crippen molar-refractivity contribution in [3.05, 3.63) is 35.9 Å². The molecule has 1 aromatic rings. The fourth-order valence-corrected chi connectivity index (χ4v) is 1.12. The van der Waals surface area contributed by atoms with E-state index in [2.05, 4.69) is 4.99 Å². The Bertz CT molecular complexity index is 279. The highest BCUT2D eigenvalue weighted by molar-refractivity contribution is 5.98. The van der Waals surface area contributed by atoms with Gasteiger partial charge < -0.3 is 0 Å². The Balaban J connectivity index is 2.79. The molecule has 0 bridgehead atoms. The molecule has 1 aromatic carbocycles. The van der Waals surface area contributed by atoms with Crippen LogP contribution >= 0.6 is 0 Å². The molecular formula is C11H14FN. The van der Waals surface area contributed by atoms with E-state index in [1.165, 1.54) is 0 Å². The molecule has 0 spiro atoms. The lowest BCUT2D eigenvalue weighted by Gasteiger charge is -2.03. The molecule has 0 heterocycles. The van der Waals surface area contributed by atoms with Gasteiger partial charge in [0.15, 0.2) is 0 Å². The van der Waals surface area contributed by atoms with Crippen molar-refractivity contribution < 1.29 is 4.39 Å². The Hall–Kier alpha value is -1.18. The maximum absolute atomic E-state index is 12.2. The number of hydrogen-bond acceptors (Lipinski definition) is 1. The average molecular weight is 179 g/mol. The van der Waals surface area contributed by atoms with Crippen molar-refractivity contribution in [3.8, 4) is 0 Å². The SMILES string of the molecule is C/C(=N/[C@H](C)CF)c1ccccc1. The summed E-state index contributed by atoms with van der Waals surface area (Å²) in [5.41, 5.74) is 1.95. The van der Waals surface area contributed by atoms with Crippen LogP contribution in [-0.2, 0) is 0 Å². The van der Waals surface area contributed by atoms with Gasteiger partial charge in [-0.25, -0.2) is 4.39 Å². The molecule has 1 atom stereocenters. The van der Waals surface area contributed by atoms with E-state index in [4.69, 9.17) is 0 Å². The zero-order valence-electron chi connectivity index (χ0n) is 8.00. The summed E-state index contributed by atoms with van der Waals surface area (Å²) in [6.07, 6.45) is 0. The summed E-state index contributed by atoms with van der Waals surface area (Å²) in [5.74, 6) is 0. The summed E-state index contributed by atoms with van der Waals surface area (Å²) in [6, 6.07) is 9.58. The zero-order chi connectivity index (χ0) is 9.68. The quantitative estimate of drug-likeness (QED) is 0.633. The van der Waals surface area contributed by atoms with E-state index in [-0.39, 0.29) is 6.04 Å². The van der Waals surface area contributed by atoms with Gasteiger partial charge in [0.25, 0.3) is 0 Å². The first-order valence-corrected chi connectivity index (χ1v) is 4.40. The third-order valence-electron chi connectivity index (χ3n) is 1.83. The van der Waals surface area contributed by atoms with Gasteiger partial charge in [0, 0.05) is 5.71 Å². The van der Waals surface area contributed by atoms with Crippen molar-refractivity contribution in [1.29, 1.82) is 0 Å². The summed E-state index contributed by atoms with van der Waals surface area (Å²) < 4.78 is 12.2. The highest BCUT2D eigenvalue weighted by Crippen LogP contribution is 2.02. The molecule has 1 rings (SSSR count). The van der Waals surface area contributed by atoms with Gasteiger partial charge in [-0.3, -0.25) is 4.99 Å². The number of benzene rings is 1. The molecule has 1 nitrogen and oxygen atoms in total. The Labute approximate surface area is 78.3 Å². The normalized spacial score (nSPS) is 14.2. The molecule has 13 heavy (non-hydrogen) atoms. The van der Waals surface area contributed by atoms with Crippen LogP contribution < -0.4 is 0 Å². The Kier molecular flexibility index (Phi) is 3.62. The summed E-state index contributed by atoms with van der Waals surface area (Å²) in [7, 11) is 0. The molecule has 70 valence electrons. The van der Waals surface area contributed by atoms with Gasteiger partial charge >= 0.3 is 0 Å². The predicted octanol–water partition coefficient (Wildman–Crippen LogP) is 2.85. The number of alkyl halides is 1. The molecule has 0 aliphatic heterocycles. The molecule has 2 heteroatoms. The lowest BCUT2D eigenvalue weighted by atomic mass is 10.1. The van der Waals surface area contributed by atoms with E-state index in [9.17, 15) is 4.39 Å². The van der Waals surface area contributed by atoms with Gasteiger partial charge in [0.1, 0.15) is 6.67 Å². The fraction of sp³-hybridized carbons (Fsp3) is 0.364. The zero-order valence-corrected chi connectivity index (χ0v) is 8.00. The second kappa shape index (κ2) is 4.75. The summed E-state index contributed by atoms with van der Waals surface area (Å²) in [4.78, 5) is 4.21. The third-order valence-corrected chi connectivity index (χ3v) is 1.83. The molecule has 0 fully saturated rings. The van der Waals surface area contributed by atoms with Crippen LogP contribution in [0, 0.1) is 0 Å². The largest absolute Gasteiger partial charge is 0.284 e. The standard InChI is InChI=1S/C11H14FN/c1-9(8-12)13-10(2)11-6-4-3-5-7-11/h3-7,9H,8H2,1-2H3/b13-10-/t9-/m1/s1. The third kappa shape index (κ3) is 2.98. The highest BCUT2D eigenvalue weighted by Gasteiger charge is 1.99. The number of hydrogen-bond donors (Lipinski definition) is 0. The molecule has 0 aliphatic carbocycles. The topological polar surface area (TPSA) is 12.4 Å². The van der Waals surface area contributed by atoms with Crippen LogP contribution in [0.15, 0.2) is 35.3 Å². The van der Waals surface area contributed by atoms with Crippen LogP contribution in [0.3, 0.4) is 0 Å². The molecular weight excluding hydrogens is 165 g/mol. The van der Waals surface area contributed by atoms with Crippen molar-refractivity contribution in [2.75, 3.05) is 6.67 Å². The predicted molar refractivity (Wildman–Crippen MR) is 54.1 cm³/mol. The maximum Gasteiger partial charge on any atom is 0.111 e. The molecule has 0 N–H and O–H groups in total. The average Bonchev–Trinajstić information content (AvgIpc) is 2.19. The number of nitrogens with zero attached hydrogens (tertiary/aromatic N) is 1. The van der Waals surface area contributed by atoms with Crippen molar-refractivity contribution in [1.82, 2.24) is 0 Å². The van der Waals surface area contributed by atoms with Crippen LogP contribution in [0.1, 0.15) is 19.4 Å². The van der Waals surface area contributed by atoms with Gasteiger partial charge in [-0.2, -0.15) is 0 Å². The van der Waals surface area contributed by atoms with Gasteiger partial charge in [0.2, 0.25) is 0 Å². The molecule has 0 aliphatic rings. The van der Waals surface area contributed by atoms with Crippen LogP contribution in [0.4, 0.5) is 4.39 Å². The van der Waals surface area contributed by atoms with E-state index in [1.54, 1.807) is 6.92 Å². The minimum absolute atomic E-state index is 0.236. The van der Waals surface area contributed by atoms with Crippen molar-refractivity contribution in [2.45, 2.75) is 19.9 Å². The Morgan fingerprint density at radius 2 is 2.00 bits per heavy atom. The van der Waals surface area contributed by atoms with E-state index in [0.29, 0.717) is 0 Å². The molecule has 0 aromatic heterocycles. The summed E-state index contributed by atoms with van der Waals surface area (Å²) >= 11 is 0. The van der Waals surface area contributed by atoms with Gasteiger partial charge in [-0.1, -0.05) is 30.3 Å². The van der Waals surface area contributed by atoms with E-state index < -0.39 is 6.67 Å². The minimum atomic E-state index is -0.399. The van der Waals surface area contributed by atoms with E-state index in [1.807, 2.05) is 37.3 Å². The molecule has 0 saturated carbocycles. The number of aliphatic imine (C=N–C) groups is 1. The fourth-order valence-electron chi connectivity index (χ4n) is 1.12. The van der Waals surface area contributed by atoms with Crippen molar-refractivity contribution >= 4 is 5.71 Å².